The quantitative estimate of drug-likeness (QED) is 0.414. The number of dihydropyridines is 1. The SMILES string of the molecule is CCC1CC2=C(NCC(c3ccc(C(=O)N(C)CC(C)C)cc3)=C2)NC1c1c(Cl)ccc(F)c1Cl. The predicted octanol–water partition coefficient (Wildman–Crippen LogP) is 6.82. The molecule has 4 nitrogen and oxygen atoms in total. The Morgan fingerprint density at radius 1 is 1.17 bits per heavy atom. The normalized spacial score (nSPS) is 19.6. The van der Waals surface area contributed by atoms with Crippen LogP contribution in [0.3, 0.4) is 0 Å². The van der Waals surface area contributed by atoms with Gasteiger partial charge in [-0.05, 0) is 65.3 Å². The topological polar surface area (TPSA) is 44.4 Å². The molecule has 2 aliphatic heterocycles. The van der Waals surface area contributed by atoms with Crippen molar-refractivity contribution in [2.45, 2.75) is 39.7 Å². The first kappa shape index (κ1) is 25.6. The van der Waals surface area contributed by atoms with Crippen molar-refractivity contribution in [3.05, 3.63) is 86.4 Å². The Balaban J connectivity index is 1.56. The number of benzene rings is 2. The molecule has 0 spiro atoms. The lowest BCUT2D eigenvalue weighted by molar-refractivity contribution is 0.0779. The molecule has 0 radical (unpaired) electrons. The highest BCUT2D eigenvalue weighted by Crippen LogP contribution is 2.43. The fraction of sp³-hybridized carbons (Fsp3) is 0.393. The first-order valence-electron chi connectivity index (χ1n) is 12.1. The third kappa shape index (κ3) is 5.36. The van der Waals surface area contributed by atoms with E-state index < -0.39 is 5.82 Å². The average molecular weight is 516 g/mol. The molecule has 0 fully saturated rings. The zero-order valence-electron chi connectivity index (χ0n) is 20.6. The molecule has 4 rings (SSSR count). The summed E-state index contributed by atoms with van der Waals surface area (Å²) in [5.74, 6) is 1.14. The van der Waals surface area contributed by atoms with E-state index in [-0.39, 0.29) is 22.9 Å². The number of amides is 1. The van der Waals surface area contributed by atoms with Crippen molar-refractivity contribution < 1.29 is 9.18 Å². The lowest BCUT2D eigenvalue weighted by Crippen LogP contribution is -2.41. The maximum atomic E-state index is 14.2. The summed E-state index contributed by atoms with van der Waals surface area (Å²) < 4.78 is 14.2. The maximum absolute atomic E-state index is 14.2. The number of nitrogens with zero attached hydrogens (tertiary/aromatic N) is 1. The van der Waals surface area contributed by atoms with Crippen molar-refractivity contribution in [3.8, 4) is 0 Å². The number of nitrogens with one attached hydrogen (secondary N) is 2. The second-order valence-corrected chi connectivity index (χ2v) is 10.6. The standard InChI is InChI=1S/C28H32Cl2FN3O/c1-5-17-12-20-13-21(18-6-8-19(9-7-18)28(35)34(4)15-16(2)3)14-32-27(20)33-26(17)24-22(29)10-11-23(31)25(24)30/h6-11,13,16-17,26,32-33H,5,12,14-15H2,1-4H3. The van der Waals surface area contributed by atoms with Crippen molar-refractivity contribution in [2.24, 2.45) is 11.8 Å². The van der Waals surface area contributed by atoms with Gasteiger partial charge in [0.25, 0.3) is 5.91 Å². The van der Waals surface area contributed by atoms with E-state index in [1.54, 1.807) is 11.0 Å². The summed E-state index contributed by atoms with van der Waals surface area (Å²) >= 11 is 12.8. The van der Waals surface area contributed by atoms with Crippen LogP contribution in [0.25, 0.3) is 5.57 Å². The van der Waals surface area contributed by atoms with Gasteiger partial charge >= 0.3 is 0 Å². The molecule has 0 bridgehead atoms. The van der Waals surface area contributed by atoms with E-state index in [0.717, 1.165) is 36.3 Å². The number of allylic oxidation sites excluding steroid dienone is 2. The van der Waals surface area contributed by atoms with Gasteiger partial charge in [0.15, 0.2) is 0 Å². The van der Waals surface area contributed by atoms with Crippen LogP contribution in [0.5, 0.6) is 0 Å². The van der Waals surface area contributed by atoms with Gasteiger partial charge < -0.3 is 15.5 Å². The number of hydrogen-bond acceptors (Lipinski definition) is 3. The van der Waals surface area contributed by atoms with Gasteiger partial charge in [-0.2, -0.15) is 0 Å². The summed E-state index contributed by atoms with van der Waals surface area (Å²) in [4.78, 5) is 14.5. The van der Waals surface area contributed by atoms with Gasteiger partial charge in [-0.1, -0.05) is 62.5 Å². The van der Waals surface area contributed by atoms with Crippen molar-refractivity contribution >= 4 is 34.7 Å². The fourth-order valence-electron chi connectivity index (χ4n) is 4.99. The largest absolute Gasteiger partial charge is 0.368 e. The number of halogens is 3. The summed E-state index contributed by atoms with van der Waals surface area (Å²) in [7, 11) is 1.84. The second-order valence-electron chi connectivity index (χ2n) is 9.83. The molecule has 2 unspecified atom stereocenters. The zero-order chi connectivity index (χ0) is 25.3. The number of hydrogen-bond donors (Lipinski definition) is 2. The first-order valence-corrected chi connectivity index (χ1v) is 12.9. The third-order valence-electron chi connectivity index (χ3n) is 6.78. The molecule has 2 N–H and O–H groups in total. The minimum absolute atomic E-state index is 0.0361. The third-order valence-corrected chi connectivity index (χ3v) is 7.50. The van der Waals surface area contributed by atoms with Crippen LogP contribution < -0.4 is 10.6 Å². The Morgan fingerprint density at radius 3 is 2.54 bits per heavy atom. The molecule has 1 amide bonds. The summed E-state index contributed by atoms with van der Waals surface area (Å²) in [6.07, 6.45) is 3.93. The van der Waals surface area contributed by atoms with Crippen LogP contribution in [-0.4, -0.2) is 30.9 Å². The molecule has 2 aromatic carbocycles. The van der Waals surface area contributed by atoms with Gasteiger partial charge in [0, 0.05) is 36.3 Å². The lowest BCUT2D eigenvalue weighted by Gasteiger charge is -2.38. The molecule has 0 saturated heterocycles. The van der Waals surface area contributed by atoms with E-state index in [4.69, 9.17) is 23.2 Å². The van der Waals surface area contributed by atoms with E-state index in [2.05, 4.69) is 37.5 Å². The molecular weight excluding hydrogens is 484 g/mol. The Morgan fingerprint density at radius 2 is 1.89 bits per heavy atom. The zero-order valence-corrected chi connectivity index (χ0v) is 22.1. The van der Waals surface area contributed by atoms with Crippen molar-refractivity contribution in [1.29, 1.82) is 0 Å². The molecule has 2 heterocycles. The molecular formula is C28H32Cl2FN3O. The fourth-order valence-corrected chi connectivity index (χ4v) is 5.59. The summed E-state index contributed by atoms with van der Waals surface area (Å²) in [5, 5.41) is 7.58. The maximum Gasteiger partial charge on any atom is 0.253 e. The van der Waals surface area contributed by atoms with Gasteiger partial charge in [-0.15, -0.1) is 0 Å². The Bertz CT molecular complexity index is 1170. The molecule has 2 atom stereocenters. The number of rotatable bonds is 6. The highest BCUT2D eigenvalue weighted by molar-refractivity contribution is 6.36. The monoisotopic (exact) mass is 515 g/mol. The molecule has 0 aliphatic carbocycles. The van der Waals surface area contributed by atoms with E-state index in [9.17, 15) is 9.18 Å². The number of carbonyl (C=O) groups excluding carboxylic acids is 1. The molecule has 2 aliphatic rings. The van der Waals surface area contributed by atoms with Crippen molar-refractivity contribution in [1.82, 2.24) is 15.5 Å². The van der Waals surface area contributed by atoms with Crippen LogP contribution in [0.1, 0.15) is 61.1 Å². The molecule has 2 aromatic rings. The van der Waals surface area contributed by atoms with E-state index in [1.807, 2.05) is 31.3 Å². The predicted molar refractivity (Wildman–Crippen MR) is 142 cm³/mol. The Labute approximate surface area is 217 Å². The highest BCUT2D eigenvalue weighted by Gasteiger charge is 2.34. The van der Waals surface area contributed by atoms with Gasteiger partial charge in [0.2, 0.25) is 0 Å². The highest BCUT2D eigenvalue weighted by atomic mass is 35.5. The van der Waals surface area contributed by atoms with Gasteiger partial charge in [-0.25, -0.2) is 4.39 Å². The lowest BCUT2D eigenvalue weighted by atomic mass is 9.81. The van der Waals surface area contributed by atoms with Gasteiger partial charge in [0.1, 0.15) is 11.6 Å². The molecule has 7 heteroatoms. The first-order chi connectivity index (χ1) is 16.7. The summed E-state index contributed by atoms with van der Waals surface area (Å²) in [6.45, 7) is 7.70. The van der Waals surface area contributed by atoms with Crippen molar-refractivity contribution in [2.75, 3.05) is 20.1 Å². The summed E-state index contributed by atoms with van der Waals surface area (Å²) in [5.41, 5.74) is 4.73. The molecule has 186 valence electrons. The summed E-state index contributed by atoms with van der Waals surface area (Å²) in [6, 6.07) is 10.5. The Hall–Kier alpha value is -2.50. The van der Waals surface area contributed by atoms with Crippen LogP contribution in [0.4, 0.5) is 4.39 Å². The number of carbonyl (C=O) groups is 1. The van der Waals surface area contributed by atoms with E-state index >= 15 is 0 Å². The van der Waals surface area contributed by atoms with Crippen LogP contribution >= 0.6 is 23.2 Å². The van der Waals surface area contributed by atoms with Gasteiger partial charge in [0.05, 0.1) is 11.1 Å². The second kappa shape index (κ2) is 10.6. The van der Waals surface area contributed by atoms with Crippen molar-refractivity contribution in [3.63, 3.8) is 0 Å². The molecule has 35 heavy (non-hydrogen) atoms. The molecule has 0 saturated carbocycles. The minimum Gasteiger partial charge on any atom is -0.368 e. The van der Waals surface area contributed by atoms with E-state index in [0.29, 0.717) is 28.6 Å². The molecule has 0 aromatic heterocycles. The average Bonchev–Trinajstić information content (AvgIpc) is 2.85. The van der Waals surface area contributed by atoms with Gasteiger partial charge in [-0.3, -0.25) is 4.79 Å². The van der Waals surface area contributed by atoms with Crippen LogP contribution in [0.2, 0.25) is 10.0 Å². The van der Waals surface area contributed by atoms with Crippen LogP contribution in [-0.2, 0) is 0 Å². The van der Waals surface area contributed by atoms with Crippen LogP contribution in [0.15, 0.2) is 53.9 Å². The Kier molecular flexibility index (Phi) is 7.77. The minimum atomic E-state index is -0.460. The van der Waals surface area contributed by atoms with Crippen LogP contribution in [0, 0.1) is 17.7 Å². The van der Waals surface area contributed by atoms with E-state index in [1.165, 1.54) is 11.6 Å². The smallest absolute Gasteiger partial charge is 0.253 e.